The summed E-state index contributed by atoms with van der Waals surface area (Å²) in [5.74, 6) is -5.61. The van der Waals surface area contributed by atoms with Crippen LogP contribution in [0, 0.1) is 5.92 Å². The number of aliphatic hydroxyl groups excluding tert-OH is 2. The number of rotatable bonds is 11. The molecule has 42 heavy (non-hydrogen) atoms. The normalized spacial score (nSPS) is 31.5. The van der Waals surface area contributed by atoms with Crippen LogP contribution in [0.15, 0.2) is 55.0 Å². The van der Waals surface area contributed by atoms with Gasteiger partial charge >= 0.3 is 17.9 Å². The first-order valence-electron chi connectivity index (χ1n) is 13.4. The Morgan fingerprint density at radius 2 is 1.79 bits per heavy atom. The summed E-state index contributed by atoms with van der Waals surface area (Å²) in [6.45, 7) is 7.31. The van der Waals surface area contributed by atoms with Crippen LogP contribution in [-0.2, 0) is 44.5 Å². The van der Waals surface area contributed by atoms with Gasteiger partial charge in [0.25, 0.3) is 0 Å². The second kappa shape index (κ2) is 11.9. The molecular weight excluding hydrogens is 552 g/mol. The number of carbonyl (C=O) groups excluding carboxylic acids is 3. The van der Waals surface area contributed by atoms with Gasteiger partial charge in [0.15, 0.2) is 5.79 Å². The van der Waals surface area contributed by atoms with Crippen LogP contribution in [0.3, 0.4) is 0 Å². The van der Waals surface area contributed by atoms with Gasteiger partial charge in [0, 0.05) is 19.3 Å². The van der Waals surface area contributed by atoms with Gasteiger partial charge in [0.2, 0.25) is 11.2 Å². The standard InChI is InChI=1S/C29H36N2O11/c1-16(21(40-18(3)32)17(2)13-19-9-7-6-8-10-19)11-12-27-22(33)23(34)29(42-27,26(36)39-5)28(37,25(35)38-4)24(41-27)20-14-30-15-31-20/h6-10,14-15,17,21-24,33-34,37H,1,11-13H2,2-5H3,(H,30,31)/t17-,21-,22-,23-,24-,27-,28-,29-/m1/s1. The van der Waals surface area contributed by atoms with Gasteiger partial charge in [-0.3, -0.25) is 4.79 Å². The van der Waals surface area contributed by atoms with Gasteiger partial charge < -0.3 is 44.0 Å². The second-order valence-corrected chi connectivity index (χ2v) is 10.6. The van der Waals surface area contributed by atoms with E-state index >= 15 is 0 Å². The molecule has 0 unspecified atom stereocenters. The number of aliphatic hydroxyl groups is 3. The first kappa shape index (κ1) is 31.3. The second-order valence-electron chi connectivity index (χ2n) is 10.6. The van der Waals surface area contributed by atoms with Gasteiger partial charge in [-0.15, -0.1) is 0 Å². The van der Waals surface area contributed by atoms with Crippen molar-refractivity contribution in [3.8, 4) is 0 Å². The fraction of sp³-hybridized carbons (Fsp3) is 0.517. The Morgan fingerprint density at radius 3 is 2.36 bits per heavy atom. The highest BCUT2D eigenvalue weighted by molar-refractivity contribution is 5.95. The Bertz CT molecular complexity index is 1300. The average Bonchev–Trinajstić information content (AvgIpc) is 3.58. The van der Waals surface area contributed by atoms with Crippen LogP contribution in [-0.4, -0.2) is 92.7 Å². The number of fused-ring (bicyclic) bond motifs is 2. The van der Waals surface area contributed by atoms with Gasteiger partial charge in [-0.2, -0.15) is 0 Å². The molecule has 2 bridgehead atoms. The van der Waals surface area contributed by atoms with Gasteiger partial charge in [-0.25, -0.2) is 14.6 Å². The van der Waals surface area contributed by atoms with Crippen molar-refractivity contribution < 1.29 is 53.4 Å². The number of nitrogens with one attached hydrogen (secondary N) is 1. The number of carbonyl (C=O) groups is 3. The lowest BCUT2D eigenvalue weighted by Gasteiger charge is -2.50. The molecule has 2 aliphatic rings. The zero-order chi connectivity index (χ0) is 30.9. The SMILES string of the molecule is C=C(CC[C@@]12O[C@H](c3cnc[nH]3)[C@@](O)(C(=O)OC)[C@@](C(=O)OC)(O1)[C@H](O)[C@H]2O)[C@@H](OC(C)=O)[C@H](C)Cc1ccccc1. The van der Waals surface area contributed by atoms with Crippen molar-refractivity contribution in [3.63, 3.8) is 0 Å². The summed E-state index contributed by atoms with van der Waals surface area (Å²) < 4.78 is 27.4. The predicted octanol–water partition coefficient (Wildman–Crippen LogP) is 0.892. The summed E-state index contributed by atoms with van der Waals surface area (Å²) in [7, 11) is 1.93. The molecule has 0 amide bonds. The molecule has 0 saturated carbocycles. The van der Waals surface area contributed by atoms with Crippen LogP contribution in [0.4, 0.5) is 0 Å². The van der Waals surface area contributed by atoms with Crippen molar-refractivity contribution in [1.82, 2.24) is 9.97 Å². The Hall–Kier alpha value is -3.62. The van der Waals surface area contributed by atoms with Crippen molar-refractivity contribution in [2.24, 2.45) is 5.92 Å². The molecule has 13 heteroatoms. The molecule has 4 N–H and O–H groups in total. The smallest absolute Gasteiger partial charge is 0.345 e. The maximum atomic E-state index is 13.3. The van der Waals surface area contributed by atoms with Crippen molar-refractivity contribution in [1.29, 1.82) is 0 Å². The number of nitrogens with zero attached hydrogens (tertiary/aromatic N) is 1. The molecule has 228 valence electrons. The van der Waals surface area contributed by atoms with Crippen LogP contribution < -0.4 is 0 Å². The number of esters is 3. The summed E-state index contributed by atoms with van der Waals surface area (Å²) in [4.78, 5) is 45.0. The van der Waals surface area contributed by atoms with E-state index in [0.29, 0.717) is 12.0 Å². The quantitative estimate of drug-likeness (QED) is 0.165. The highest BCUT2D eigenvalue weighted by atomic mass is 16.8. The van der Waals surface area contributed by atoms with Crippen molar-refractivity contribution >= 4 is 17.9 Å². The Labute approximate surface area is 242 Å². The third-order valence-electron chi connectivity index (χ3n) is 7.96. The van der Waals surface area contributed by atoms with E-state index in [1.165, 1.54) is 19.4 Å². The molecule has 2 fully saturated rings. The number of hydrogen-bond donors (Lipinski definition) is 4. The van der Waals surface area contributed by atoms with E-state index in [1.54, 1.807) is 0 Å². The summed E-state index contributed by atoms with van der Waals surface area (Å²) in [6, 6.07) is 9.61. The lowest BCUT2D eigenvalue weighted by Crippen LogP contribution is -2.74. The molecule has 0 spiro atoms. The van der Waals surface area contributed by atoms with E-state index in [4.69, 9.17) is 23.7 Å². The van der Waals surface area contributed by atoms with Crippen LogP contribution in [0.25, 0.3) is 0 Å². The molecule has 4 rings (SSSR count). The number of aromatic amines is 1. The van der Waals surface area contributed by atoms with Gasteiger partial charge in [-0.05, 0) is 24.0 Å². The number of H-pyrrole nitrogens is 1. The first-order valence-corrected chi connectivity index (χ1v) is 13.4. The van der Waals surface area contributed by atoms with Crippen LogP contribution in [0.2, 0.25) is 0 Å². The highest BCUT2D eigenvalue weighted by Gasteiger charge is 2.84. The minimum Gasteiger partial charge on any atom is -0.467 e. The monoisotopic (exact) mass is 588 g/mol. The molecule has 1 aromatic heterocycles. The minimum atomic E-state index is -3.02. The maximum absolute atomic E-state index is 13.3. The summed E-state index contributed by atoms with van der Waals surface area (Å²) in [5, 5.41) is 34.5. The van der Waals surface area contributed by atoms with Gasteiger partial charge in [0.1, 0.15) is 24.4 Å². The molecule has 0 radical (unpaired) electrons. The fourth-order valence-electron chi connectivity index (χ4n) is 5.92. The molecule has 3 heterocycles. The molecule has 13 nitrogen and oxygen atoms in total. The van der Waals surface area contributed by atoms with Gasteiger partial charge in [0.05, 0.1) is 32.4 Å². The molecule has 2 aliphatic heterocycles. The highest BCUT2D eigenvalue weighted by Crippen LogP contribution is 2.59. The van der Waals surface area contributed by atoms with Crippen molar-refractivity contribution in [2.75, 3.05) is 14.2 Å². The van der Waals surface area contributed by atoms with E-state index < -0.39 is 59.3 Å². The number of aromatic nitrogens is 2. The summed E-state index contributed by atoms with van der Waals surface area (Å²) >= 11 is 0. The Morgan fingerprint density at radius 1 is 1.12 bits per heavy atom. The molecular formula is C29H36N2O11. The van der Waals surface area contributed by atoms with E-state index in [1.807, 2.05) is 37.3 Å². The number of hydrogen-bond acceptors (Lipinski definition) is 12. The molecule has 0 aliphatic carbocycles. The Kier molecular flexibility index (Phi) is 8.90. The van der Waals surface area contributed by atoms with Gasteiger partial charge in [-0.1, -0.05) is 43.8 Å². The lowest BCUT2D eigenvalue weighted by molar-refractivity contribution is -0.383. The molecule has 8 atom stereocenters. The molecule has 2 saturated heterocycles. The average molecular weight is 589 g/mol. The van der Waals surface area contributed by atoms with E-state index in [9.17, 15) is 29.7 Å². The topological polar surface area (TPSA) is 187 Å². The number of imidazole rings is 1. The largest absolute Gasteiger partial charge is 0.467 e. The third-order valence-corrected chi connectivity index (χ3v) is 7.96. The molecule has 1 aromatic carbocycles. The number of methoxy groups -OCH3 is 2. The van der Waals surface area contributed by atoms with Crippen LogP contribution >= 0.6 is 0 Å². The zero-order valence-corrected chi connectivity index (χ0v) is 23.8. The number of benzene rings is 1. The summed E-state index contributed by atoms with van der Waals surface area (Å²) in [6.07, 6.45) is -3.80. The zero-order valence-electron chi connectivity index (χ0n) is 23.8. The van der Waals surface area contributed by atoms with E-state index in [2.05, 4.69) is 16.5 Å². The lowest BCUT2D eigenvalue weighted by atomic mass is 9.73. The maximum Gasteiger partial charge on any atom is 0.345 e. The van der Waals surface area contributed by atoms with Crippen LogP contribution in [0.1, 0.15) is 44.1 Å². The first-order chi connectivity index (χ1) is 19.9. The van der Waals surface area contributed by atoms with E-state index in [-0.39, 0.29) is 24.5 Å². The van der Waals surface area contributed by atoms with E-state index in [0.717, 1.165) is 19.8 Å². The number of ether oxygens (including phenoxy) is 5. The third kappa shape index (κ3) is 5.01. The fourth-order valence-corrected chi connectivity index (χ4v) is 5.92. The van der Waals surface area contributed by atoms with Crippen molar-refractivity contribution in [2.45, 2.75) is 74.5 Å². The Balaban J connectivity index is 1.70. The predicted molar refractivity (Wildman–Crippen MR) is 143 cm³/mol. The summed E-state index contributed by atoms with van der Waals surface area (Å²) in [5.41, 5.74) is -4.39. The van der Waals surface area contributed by atoms with Crippen LogP contribution in [0.5, 0.6) is 0 Å². The minimum absolute atomic E-state index is 0.0183. The molecule has 2 aromatic rings. The van der Waals surface area contributed by atoms with Crippen molar-refractivity contribution in [3.05, 3.63) is 66.3 Å².